The van der Waals surface area contributed by atoms with Gasteiger partial charge in [0.2, 0.25) is 0 Å². The highest BCUT2D eigenvalue weighted by Crippen LogP contribution is 2.42. The van der Waals surface area contributed by atoms with Crippen LogP contribution in [0.5, 0.6) is 0 Å². The van der Waals surface area contributed by atoms with Crippen LogP contribution in [0, 0.1) is 0 Å². The Kier molecular flexibility index (Phi) is 5.90. The molecule has 0 saturated heterocycles. The van der Waals surface area contributed by atoms with E-state index in [0.717, 1.165) is 12.8 Å². The van der Waals surface area contributed by atoms with Gasteiger partial charge in [-0.1, -0.05) is 84.6 Å². The summed E-state index contributed by atoms with van der Waals surface area (Å²) >= 11 is 1.86. The molecule has 1 atom stereocenters. The number of benzene rings is 6. The minimum Gasteiger partial charge on any atom is -0.0901 e. The highest BCUT2D eigenvalue weighted by atomic mass is 32.2. The van der Waals surface area contributed by atoms with Gasteiger partial charge in [0.15, 0.2) is 14.7 Å². The molecule has 0 fully saturated rings. The zero-order valence-electron chi connectivity index (χ0n) is 22.0. The largest absolute Gasteiger partial charge is 0.166 e. The Morgan fingerprint density at radius 3 is 1.57 bits per heavy atom. The molecule has 0 nitrogen and oxygen atoms in total. The third-order valence-corrected chi connectivity index (χ3v) is 11.3. The quantitative estimate of drug-likeness (QED) is 0.193. The Morgan fingerprint density at radius 1 is 0.375 bits per heavy atom. The van der Waals surface area contributed by atoms with Crippen molar-refractivity contribution in [3.05, 3.63) is 162 Å². The Morgan fingerprint density at radius 2 is 0.875 bits per heavy atom. The van der Waals surface area contributed by atoms with Crippen LogP contribution in [0.4, 0.5) is 0 Å². The van der Waals surface area contributed by atoms with E-state index in [0.29, 0.717) is 0 Å². The zero-order valence-corrected chi connectivity index (χ0v) is 23.6. The molecule has 8 rings (SSSR count). The first-order valence-electron chi connectivity index (χ1n) is 13.8. The molecule has 1 unspecified atom stereocenters. The molecule has 0 amide bonds. The third-order valence-electron chi connectivity index (χ3n) is 8.04. The van der Waals surface area contributed by atoms with Gasteiger partial charge < -0.3 is 0 Å². The molecule has 2 heteroatoms. The van der Waals surface area contributed by atoms with Gasteiger partial charge >= 0.3 is 0 Å². The van der Waals surface area contributed by atoms with Crippen LogP contribution in [0.2, 0.25) is 0 Å². The van der Waals surface area contributed by atoms with Gasteiger partial charge in [-0.25, -0.2) is 0 Å². The topological polar surface area (TPSA) is 0 Å². The summed E-state index contributed by atoms with van der Waals surface area (Å²) in [5.74, 6) is 0. The van der Waals surface area contributed by atoms with E-state index >= 15 is 0 Å². The fourth-order valence-corrected chi connectivity index (χ4v) is 9.18. The lowest BCUT2D eigenvalue weighted by Crippen LogP contribution is -2.05. The molecular formula is C38H27S2+. The van der Waals surface area contributed by atoms with Crippen molar-refractivity contribution in [3.63, 3.8) is 0 Å². The molecule has 0 aliphatic heterocycles. The van der Waals surface area contributed by atoms with E-state index in [4.69, 9.17) is 0 Å². The summed E-state index contributed by atoms with van der Waals surface area (Å²) in [5.41, 5.74) is 11.3. The van der Waals surface area contributed by atoms with Crippen LogP contribution in [-0.4, -0.2) is 0 Å². The number of hydrogen-bond donors (Lipinski definition) is 0. The maximum absolute atomic E-state index is 2.46. The first kappa shape index (κ1) is 23.9. The molecule has 2 aliphatic carbocycles. The van der Waals surface area contributed by atoms with E-state index in [1.54, 1.807) is 0 Å². The van der Waals surface area contributed by atoms with E-state index in [9.17, 15) is 0 Å². The maximum atomic E-state index is 2.46. The van der Waals surface area contributed by atoms with Crippen molar-refractivity contribution in [3.8, 4) is 22.3 Å². The lowest BCUT2D eigenvalue weighted by atomic mass is 10.1. The van der Waals surface area contributed by atoms with Crippen LogP contribution in [0.25, 0.3) is 22.3 Å². The number of rotatable bonds is 5. The first-order chi connectivity index (χ1) is 19.8. The molecule has 0 spiro atoms. The van der Waals surface area contributed by atoms with Crippen molar-refractivity contribution < 1.29 is 0 Å². The second kappa shape index (κ2) is 9.89. The van der Waals surface area contributed by atoms with E-state index < -0.39 is 0 Å². The van der Waals surface area contributed by atoms with Gasteiger partial charge in [0, 0.05) is 9.79 Å². The van der Waals surface area contributed by atoms with Crippen molar-refractivity contribution in [2.24, 2.45) is 0 Å². The first-order valence-corrected chi connectivity index (χ1v) is 15.8. The van der Waals surface area contributed by atoms with Crippen LogP contribution in [-0.2, 0) is 23.7 Å². The van der Waals surface area contributed by atoms with Gasteiger partial charge in [-0.2, -0.15) is 0 Å². The molecule has 0 bridgehead atoms. The third kappa shape index (κ3) is 4.20. The van der Waals surface area contributed by atoms with Crippen molar-refractivity contribution in [1.29, 1.82) is 0 Å². The lowest BCUT2D eigenvalue weighted by molar-refractivity contribution is 1.22. The zero-order chi connectivity index (χ0) is 26.5. The van der Waals surface area contributed by atoms with Crippen LogP contribution < -0.4 is 0 Å². The van der Waals surface area contributed by atoms with E-state index in [2.05, 4.69) is 140 Å². The molecular weight excluding hydrogens is 521 g/mol. The molecule has 0 saturated carbocycles. The SMILES string of the molecule is c1ccc([S+](c2ccc(Sc3ccc4c(c3)Cc3ccccc3-4)cc2)c2ccc3c(c2)Cc2ccccc2-3)cc1. The summed E-state index contributed by atoms with van der Waals surface area (Å²) in [5, 5.41) is 0. The minimum absolute atomic E-state index is 0.159. The van der Waals surface area contributed by atoms with Crippen molar-refractivity contribution in [2.75, 3.05) is 0 Å². The van der Waals surface area contributed by atoms with E-state index in [-0.39, 0.29) is 10.9 Å². The molecule has 6 aromatic rings. The summed E-state index contributed by atoms with van der Waals surface area (Å²) in [7, 11) is -0.159. The van der Waals surface area contributed by atoms with Gasteiger partial charge in [-0.05, 0) is 124 Å². The molecule has 0 aromatic heterocycles. The maximum Gasteiger partial charge on any atom is 0.166 e. The normalized spacial score (nSPS) is 13.3. The van der Waals surface area contributed by atoms with Crippen LogP contribution in [0.1, 0.15) is 22.3 Å². The second-order valence-corrected chi connectivity index (χ2v) is 13.7. The van der Waals surface area contributed by atoms with E-state index in [1.165, 1.54) is 69.0 Å². The Bertz CT molecular complexity index is 1870. The Balaban J connectivity index is 1.09. The highest BCUT2D eigenvalue weighted by Gasteiger charge is 2.30. The van der Waals surface area contributed by atoms with Crippen LogP contribution in [0.3, 0.4) is 0 Å². The molecule has 0 radical (unpaired) electrons. The molecule has 2 aliphatic rings. The molecule has 190 valence electrons. The van der Waals surface area contributed by atoms with Gasteiger partial charge in [0.1, 0.15) is 0 Å². The number of hydrogen-bond acceptors (Lipinski definition) is 1. The second-order valence-electron chi connectivity index (χ2n) is 10.5. The number of fused-ring (bicyclic) bond motifs is 6. The van der Waals surface area contributed by atoms with E-state index in [1.807, 2.05) is 11.8 Å². The Hall–Kier alpha value is -3.98. The van der Waals surface area contributed by atoms with Gasteiger partial charge in [-0.3, -0.25) is 0 Å². The van der Waals surface area contributed by atoms with Gasteiger partial charge in [0.25, 0.3) is 0 Å². The fourth-order valence-electron chi connectivity index (χ4n) is 6.18. The highest BCUT2D eigenvalue weighted by molar-refractivity contribution is 7.99. The average Bonchev–Trinajstić information content (AvgIpc) is 3.56. The average molecular weight is 548 g/mol. The van der Waals surface area contributed by atoms with Gasteiger partial charge in [-0.15, -0.1) is 0 Å². The van der Waals surface area contributed by atoms with Gasteiger partial charge in [0.05, 0.1) is 10.9 Å². The summed E-state index contributed by atoms with van der Waals surface area (Å²) < 4.78 is 0. The summed E-state index contributed by atoms with van der Waals surface area (Å²) in [6.07, 6.45) is 2.05. The molecule has 0 heterocycles. The summed E-state index contributed by atoms with van der Waals surface area (Å²) in [6.45, 7) is 0. The summed E-state index contributed by atoms with van der Waals surface area (Å²) in [4.78, 5) is 6.68. The van der Waals surface area contributed by atoms with Crippen molar-refractivity contribution in [2.45, 2.75) is 37.3 Å². The molecule has 0 N–H and O–H groups in total. The van der Waals surface area contributed by atoms with Crippen molar-refractivity contribution in [1.82, 2.24) is 0 Å². The predicted molar refractivity (Wildman–Crippen MR) is 169 cm³/mol. The molecule has 6 aromatic carbocycles. The molecule has 40 heavy (non-hydrogen) atoms. The summed E-state index contributed by atoms with van der Waals surface area (Å²) in [6, 6.07) is 52.0. The van der Waals surface area contributed by atoms with Crippen LogP contribution >= 0.6 is 11.8 Å². The van der Waals surface area contributed by atoms with Crippen LogP contribution in [0.15, 0.2) is 164 Å². The smallest absolute Gasteiger partial charge is 0.0901 e. The Labute approximate surface area is 243 Å². The minimum atomic E-state index is -0.159. The lowest BCUT2D eigenvalue weighted by Gasteiger charge is -2.11. The predicted octanol–water partition coefficient (Wildman–Crippen LogP) is 10.1. The van der Waals surface area contributed by atoms with Crippen molar-refractivity contribution >= 4 is 22.7 Å². The standard InChI is InChI=1S/C38H27S2/c1-2-10-32(11-3-1)40(34-19-21-38-29(25-34)23-27-9-5-7-13-36(27)38)33-17-14-30(15-18-33)39-31-16-20-37-28(24-31)22-26-8-4-6-12-35(26)37/h1-21,24-25H,22-23H2/q+1. The fraction of sp³-hybridized carbons (Fsp3) is 0.0526. The monoisotopic (exact) mass is 547 g/mol.